The average Bonchev–Trinajstić information content (AvgIpc) is 3.34. The zero-order valence-electron chi connectivity index (χ0n) is 15.4. The van der Waals surface area contributed by atoms with Crippen molar-refractivity contribution in [3.05, 3.63) is 82.9 Å². The first-order valence-corrected chi connectivity index (χ1v) is 9.84. The number of benzene rings is 3. The highest BCUT2D eigenvalue weighted by Gasteiger charge is 2.36. The van der Waals surface area contributed by atoms with Crippen molar-refractivity contribution in [2.75, 3.05) is 19.6 Å². The summed E-state index contributed by atoms with van der Waals surface area (Å²) in [5, 5.41) is 2.41. The van der Waals surface area contributed by atoms with E-state index in [1.807, 2.05) is 17.0 Å². The Labute approximate surface area is 159 Å². The van der Waals surface area contributed by atoms with Crippen LogP contribution in [0.25, 0.3) is 10.8 Å². The van der Waals surface area contributed by atoms with Crippen molar-refractivity contribution in [2.24, 2.45) is 11.7 Å². The van der Waals surface area contributed by atoms with Crippen molar-refractivity contribution in [3.8, 4) is 0 Å². The lowest BCUT2D eigenvalue weighted by Gasteiger charge is -2.18. The molecule has 1 amide bonds. The van der Waals surface area contributed by atoms with Gasteiger partial charge in [0.15, 0.2) is 0 Å². The molecule has 3 aromatic rings. The van der Waals surface area contributed by atoms with E-state index in [0.717, 1.165) is 36.9 Å². The number of carbonyl (C=O) groups is 1. The summed E-state index contributed by atoms with van der Waals surface area (Å²) in [5.41, 5.74) is 10.9. The fourth-order valence-corrected chi connectivity index (χ4v) is 4.96. The topological polar surface area (TPSA) is 46.3 Å². The highest BCUT2D eigenvalue weighted by Crippen LogP contribution is 2.36. The number of carbonyl (C=O) groups excluding carboxylic acids is 1. The van der Waals surface area contributed by atoms with Crippen molar-refractivity contribution in [2.45, 2.75) is 18.8 Å². The second kappa shape index (κ2) is 6.50. The van der Waals surface area contributed by atoms with E-state index >= 15 is 0 Å². The zero-order valence-corrected chi connectivity index (χ0v) is 15.4. The molecule has 1 aliphatic carbocycles. The van der Waals surface area contributed by atoms with Crippen molar-refractivity contribution < 1.29 is 4.79 Å². The molecule has 1 heterocycles. The van der Waals surface area contributed by atoms with Crippen LogP contribution in [0.1, 0.15) is 33.0 Å². The molecule has 0 radical (unpaired) electrons. The van der Waals surface area contributed by atoms with Crippen LogP contribution in [-0.4, -0.2) is 30.4 Å². The lowest BCUT2D eigenvalue weighted by Crippen LogP contribution is -2.30. The Kier molecular flexibility index (Phi) is 3.98. The molecule has 1 fully saturated rings. The minimum absolute atomic E-state index is 0.141. The molecular formula is C24H24N2O. The van der Waals surface area contributed by atoms with Gasteiger partial charge in [0.2, 0.25) is 0 Å². The number of hydrogen-bond acceptors (Lipinski definition) is 2. The van der Waals surface area contributed by atoms with Gasteiger partial charge in [-0.05, 0) is 58.8 Å². The first-order valence-electron chi connectivity index (χ1n) is 9.84. The molecule has 3 nitrogen and oxygen atoms in total. The van der Waals surface area contributed by atoms with Gasteiger partial charge in [0.25, 0.3) is 5.91 Å². The zero-order chi connectivity index (χ0) is 18.4. The van der Waals surface area contributed by atoms with E-state index in [4.69, 9.17) is 5.73 Å². The highest BCUT2D eigenvalue weighted by atomic mass is 16.2. The van der Waals surface area contributed by atoms with Crippen LogP contribution < -0.4 is 5.73 Å². The van der Waals surface area contributed by atoms with Crippen molar-refractivity contribution in [3.63, 3.8) is 0 Å². The number of rotatable bonds is 3. The average molecular weight is 356 g/mol. The summed E-state index contributed by atoms with van der Waals surface area (Å²) in [6, 6.07) is 21.0. The normalized spacial score (nSPS) is 21.1. The van der Waals surface area contributed by atoms with E-state index in [2.05, 4.69) is 48.5 Å². The van der Waals surface area contributed by atoms with Crippen molar-refractivity contribution in [1.82, 2.24) is 4.90 Å². The number of nitrogens with zero attached hydrogens (tertiary/aromatic N) is 1. The summed E-state index contributed by atoms with van der Waals surface area (Å²) in [5.74, 6) is 0.771. The second-order valence-electron chi connectivity index (χ2n) is 7.84. The summed E-state index contributed by atoms with van der Waals surface area (Å²) in [7, 11) is 0. The molecule has 0 spiro atoms. The number of aryl methyl sites for hydroxylation is 2. The van der Waals surface area contributed by atoms with Crippen LogP contribution in [0.3, 0.4) is 0 Å². The molecule has 1 aliphatic heterocycles. The van der Waals surface area contributed by atoms with Crippen LogP contribution in [0.2, 0.25) is 0 Å². The van der Waals surface area contributed by atoms with E-state index in [-0.39, 0.29) is 5.91 Å². The second-order valence-corrected chi connectivity index (χ2v) is 7.84. The van der Waals surface area contributed by atoms with E-state index in [1.54, 1.807) is 0 Å². The largest absolute Gasteiger partial charge is 0.338 e. The van der Waals surface area contributed by atoms with Gasteiger partial charge in [0.1, 0.15) is 0 Å². The van der Waals surface area contributed by atoms with Crippen LogP contribution >= 0.6 is 0 Å². The van der Waals surface area contributed by atoms with Gasteiger partial charge in [-0.1, -0.05) is 54.6 Å². The quantitative estimate of drug-likeness (QED) is 0.777. The van der Waals surface area contributed by atoms with Crippen molar-refractivity contribution in [1.29, 1.82) is 0 Å². The Hall–Kier alpha value is -2.65. The fourth-order valence-electron chi connectivity index (χ4n) is 4.96. The third-order valence-electron chi connectivity index (χ3n) is 6.37. The van der Waals surface area contributed by atoms with Gasteiger partial charge in [0.05, 0.1) is 0 Å². The molecule has 2 aliphatic rings. The molecule has 5 rings (SSSR count). The van der Waals surface area contributed by atoms with Crippen LogP contribution in [0.4, 0.5) is 0 Å². The summed E-state index contributed by atoms with van der Waals surface area (Å²) in [6.45, 7) is 2.08. The molecule has 1 saturated heterocycles. The van der Waals surface area contributed by atoms with Crippen LogP contribution in [0.15, 0.2) is 60.7 Å². The number of hydrogen-bond donors (Lipinski definition) is 1. The Balaban J connectivity index is 1.50. The molecule has 0 unspecified atom stereocenters. The van der Waals surface area contributed by atoms with Gasteiger partial charge in [-0.3, -0.25) is 4.79 Å². The van der Waals surface area contributed by atoms with Gasteiger partial charge in [-0.25, -0.2) is 0 Å². The molecule has 3 heteroatoms. The molecule has 0 saturated carbocycles. The van der Waals surface area contributed by atoms with Gasteiger partial charge in [-0.15, -0.1) is 0 Å². The Bertz CT molecular complexity index is 1000. The Morgan fingerprint density at radius 2 is 1.70 bits per heavy atom. The lowest BCUT2D eigenvalue weighted by atomic mass is 9.89. The smallest absolute Gasteiger partial charge is 0.254 e. The Morgan fingerprint density at radius 1 is 0.926 bits per heavy atom. The standard InChI is InChI=1S/C24H24N2O/c25-13-19-14-26(15-22(19)16-5-2-1-3-6-16)24(27)21-12-11-18-10-9-17-7-4-8-20(21)23(17)18/h1-8,11-12,19,22H,9-10,13-15,25H2/t19-,22+/m1/s1. The van der Waals surface area contributed by atoms with Crippen LogP contribution in [-0.2, 0) is 12.8 Å². The number of amides is 1. The first-order chi connectivity index (χ1) is 13.3. The highest BCUT2D eigenvalue weighted by molar-refractivity contribution is 6.09. The van der Waals surface area contributed by atoms with E-state index < -0.39 is 0 Å². The maximum absolute atomic E-state index is 13.4. The molecule has 2 N–H and O–H groups in total. The predicted octanol–water partition coefficient (Wildman–Crippen LogP) is 3.75. The predicted molar refractivity (Wildman–Crippen MR) is 109 cm³/mol. The van der Waals surface area contributed by atoms with Crippen LogP contribution in [0.5, 0.6) is 0 Å². The maximum Gasteiger partial charge on any atom is 0.254 e. The molecule has 136 valence electrons. The minimum atomic E-state index is 0.141. The fraction of sp³-hybridized carbons (Fsp3) is 0.292. The first kappa shape index (κ1) is 16.5. The van der Waals surface area contributed by atoms with Crippen LogP contribution in [0, 0.1) is 5.92 Å². The molecule has 0 aromatic heterocycles. The van der Waals surface area contributed by atoms with E-state index in [0.29, 0.717) is 18.4 Å². The summed E-state index contributed by atoms with van der Waals surface area (Å²) >= 11 is 0. The SMILES string of the molecule is NC[C@@H]1CN(C(=O)c2ccc3c4c(cccc24)CC3)C[C@H]1c1ccccc1. The lowest BCUT2D eigenvalue weighted by molar-refractivity contribution is 0.0788. The monoisotopic (exact) mass is 356 g/mol. The van der Waals surface area contributed by atoms with Gasteiger partial charge < -0.3 is 10.6 Å². The summed E-state index contributed by atoms with van der Waals surface area (Å²) < 4.78 is 0. The van der Waals surface area contributed by atoms with E-state index in [1.165, 1.54) is 22.1 Å². The number of nitrogens with two attached hydrogens (primary N) is 1. The molecule has 2 atom stereocenters. The summed E-state index contributed by atoms with van der Waals surface area (Å²) in [4.78, 5) is 15.4. The minimum Gasteiger partial charge on any atom is -0.338 e. The van der Waals surface area contributed by atoms with E-state index in [9.17, 15) is 4.79 Å². The molecule has 3 aromatic carbocycles. The molecule has 27 heavy (non-hydrogen) atoms. The van der Waals surface area contributed by atoms with Crippen molar-refractivity contribution >= 4 is 16.7 Å². The van der Waals surface area contributed by atoms with Gasteiger partial charge >= 0.3 is 0 Å². The maximum atomic E-state index is 13.4. The third kappa shape index (κ3) is 2.65. The molecular weight excluding hydrogens is 332 g/mol. The summed E-state index contributed by atoms with van der Waals surface area (Å²) in [6.07, 6.45) is 2.17. The molecule has 0 bridgehead atoms. The third-order valence-corrected chi connectivity index (χ3v) is 6.37. The van der Waals surface area contributed by atoms with Gasteiger partial charge in [0, 0.05) is 24.6 Å². The number of likely N-dealkylation sites (tertiary alicyclic amines) is 1. The van der Waals surface area contributed by atoms with Gasteiger partial charge in [-0.2, -0.15) is 0 Å². The Morgan fingerprint density at radius 3 is 2.48 bits per heavy atom.